The van der Waals surface area contributed by atoms with Crippen molar-refractivity contribution < 1.29 is 4.84 Å². The number of hydrogen-bond acceptors (Lipinski definition) is 2. The van der Waals surface area contributed by atoms with Crippen LogP contribution in [0.5, 0.6) is 0 Å². The molecule has 0 unspecified atom stereocenters. The van der Waals surface area contributed by atoms with Crippen molar-refractivity contribution in [2.24, 2.45) is 4.99 Å². The van der Waals surface area contributed by atoms with Crippen molar-refractivity contribution in [1.82, 2.24) is 5.48 Å². The van der Waals surface area contributed by atoms with Gasteiger partial charge in [0.2, 0.25) is 0 Å². The summed E-state index contributed by atoms with van der Waals surface area (Å²) in [5, 5.41) is 0. The zero-order valence-electron chi connectivity index (χ0n) is 6.06. The molecule has 3 nitrogen and oxygen atoms in total. The highest BCUT2D eigenvalue weighted by Gasteiger charge is 1.93. The summed E-state index contributed by atoms with van der Waals surface area (Å²) in [5.74, 6) is 0.678. The minimum absolute atomic E-state index is 0.678. The van der Waals surface area contributed by atoms with Gasteiger partial charge >= 0.3 is 0 Å². The van der Waals surface area contributed by atoms with Crippen molar-refractivity contribution in [3.05, 3.63) is 12.2 Å². The zero-order chi connectivity index (χ0) is 7.28. The first-order valence-electron chi connectivity index (χ1n) is 2.64. The molecule has 0 aliphatic heterocycles. The average molecular weight is 128 g/mol. The molecule has 9 heavy (non-hydrogen) atoms. The molecule has 0 aromatic carbocycles. The molecular weight excluding hydrogens is 116 g/mol. The summed E-state index contributed by atoms with van der Waals surface area (Å²) < 4.78 is 0. The molecule has 1 N–H and O–H groups in total. The van der Waals surface area contributed by atoms with E-state index in [4.69, 9.17) is 0 Å². The lowest BCUT2D eigenvalue weighted by atomic mass is 10.3. The van der Waals surface area contributed by atoms with E-state index in [1.807, 2.05) is 6.92 Å². The summed E-state index contributed by atoms with van der Waals surface area (Å²) >= 11 is 0. The lowest BCUT2D eigenvalue weighted by Gasteiger charge is -2.03. The molecule has 0 saturated heterocycles. The van der Waals surface area contributed by atoms with Gasteiger partial charge in [0.1, 0.15) is 5.84 Å². The minimum Gasteiger partial charge on any atom is -0.278 e. The van der Waals surface area contributed by atoms with Crippen LogP contribution < -0.4 is 5.48 Å². The van der Waals surface area contributed by atoms with Gasteiger partial charge in [-0.15, -0.1) is 0 Å². The number of amidine groups is 1. The Morgan fingerprint density at radius 1 is 1.67 bits per heavy atom. The monoisotopic (exact) mass is 128 g/mol. The average Bonchev–Trinajstić information content (AvgIpc) is 1.82. The third-order valence-corrected chi connectivity index (χ3v) is 0.827. The molecule has 52 valence electrons. The third kappa shape index (κ3) is 2.87. The molecule has 0 aromatic heterocycles. The predicted octanol–water partition coefficient (Wildman–Crippen LogP) is 0.742. The summed E-state index contributed by atoms with van der Waals surface area (Å²) in [7, 11) is 3.21. The van der Waals surface area contributed by atoms with E-state index < -0.39 is 0 Å². The second-order valence-corrected chi connectivity index (χ2v) is 1.66. The SMILES string of the molecule is C=C(C)C(=NC)NOC. The molecule has 0 fully saturated rings. The van der Waals surface area contributed by atoms with E-state index in [1.165, 1.54) is 7.11 Å². The number of hydrogen-bond donors (Lipinski definition) is 1. The van der Waals surface area contributed by atoms with Crippen LogP contribution in [-0.2, 0) is 4.84 Å². The lowest BCUT2D eigenvalue weighted by molar-refractivity contribution is 0.144. The quantitative estimate of drug-likeness (QED) is 0.338. The van der Waals surface area contributed by atoms with Gasteiger partial charge in [-0.2, -0.15) is 0 Å². The van der Waals surface area contributed by atoms with Crippen molar-refractivity contribution in [2.75, 3.05) is 14.2 Å². The van der Waals surface area contributed by atoms with Gasteiger partial charge in [0.05, 0.1) is 7.11 Å². The van der Waals surface area contributed by atoms with Crippen LogP contribution in [0.4, 0.5) is 0 Å². The van der Waals surface area contributed by atoms with E-state index in [9.17, 15) is 0 Å². The van der Waals surface area contributed by atoms with Crippen molar-refractivity contribution >= 4 is 5.84 Å². The first-order valence-corrected chi connectivity index (χ1v) is 2.64. The maximum atomic E-state index is 4.61. The van der Waals surface area contributed by atoms with Crippen molar-refractivity contribution in [3.63, 3.8) is 0 Å². The van der Waals surface area contributed by atoms with Crippen LogP contribution in [0.1, 0.15) is 6.92 Å². The highest BCUT2D eigenvalue weighted by Crippen LogP contribution is 1.87. The summed E-state index contributed by atoms with van der Waals surface area (Å²) in [6.07, 6.45) is 0. The third-order valence-electron chi connectivity index (χ3n) is 0.827. The van der Waals surface area contributed by atoms with Gasteiger partial charge in [-0.3, -0.25) is 9.83 Å². The summed E-state index contributed by atoms with van der Waals surface area (Å²) in [6.45, 7) is 5.53. The number of rotatable bonds is 2. The predicted molar refractivity (Wildman–Crippen MR) is 38.3 cm³/mol. The Balaban J connectivity index is 3.85. The molecule has 0 spiro atoms. The van der Waals surface area contributed by atoms with Gasteiger partial charge in [-0.25, -0.2) is 5.48 Å². The second-order valence-electron chi connectivity index (χ2n) is 1.66. The maximum absolute atomic E-state index is 4.61. The molecule has 0 atom stereocenters. The summed E-state index contributed by atoms with van der Waals surface area (Å²) in [6, 6.07) is 0. The van der Waals surface area contributed by atoms with Crippen LogP contribution in [-0.4, -0.2) is 20.0 Å². The van der Waals surface area contributed by atoms with Crippen LogP contribution in [0, 0.1) is 0 Å². The van der Waals surface area contributed by atoms with Crippen LogP contribution in [0.25, 0.3) is 0 Å². The molecule has 0 aliphatic rings. The zero-order valence-corrected chi connectivity index (χ0v) is 6.06. The first-order chi connectivity index (χ1) is 4.22. The first kappa shape index (κ1) is 8.17. The smallest absolute Gasteiger partial charge is 0.147 e. The van der Waals surface area contributed by atoms with Gasteiger partial charge in [0.15, 0.2) is 0 Å². The molecule has 0 bridgehead atoms. The van der Waals surface area contributed by atoms with Crippen LogP contribution in [0.15, 0.2) is 17.1 Å². The standard InChI is InChI=1S/C6H12N2O/c1-5(2)6(7-3)8-9-4/h1H2,2-4H3,(H,7,8). The number of nitrogens with zero attached hydrogens (tertiary/aromatic N) is 1. The van der Waals surface area contributed by atoms with E-state index >= 15 is 0 Å². The molecular formula is C6H12N2O. The van der Waals surface area contributed by atoms with E-state index in [0.29, 0.717) is 5.84 Å². The number of aliphatic imine (C=N–C) groups is 1. The van der Waals surface area contributed by atoms with Gasteiger partial charge in [0.25, 0.3) is 0 Å². The maximum Gasteiger partial charge on any atom is 0.147 e. The topological polar surface area (TPSA) is 33.6 Å². The number of nitrogens with one attached hydrogen (secondary N) is 1. The van der Waals surface area contributed by atoms with Crippen molar-refractivity contribution in [1.29, 1.82) is 0 Å². The van der Waals surface area contributed by atoms with Gasteiger partial charge < -0.3 is 0 Å². The van der Waals surface area contributed by atoms with Gasteiger partial charge in [-0.05, 0) is 12.5 Å². The fourth-order valence-electron chi connectivity index (χ4n) is 0.420. The largest absolute Gasteiger partial charge is 0.278 e. The Morgan fingerprint density at radius 2 is 2.22 bits per heavy atom. The van der Waals surface area contributed by atoms with Crippen LogP contribution >= 0.6 is 0 Å². The molecule has 0 rings (SSSR count). The van der Waals surface area contributed by atoms with E-state index in [1.54, 1.807) is 7.05 Å². The fourth-order valence-corrected chi connectivity index (χ4v) is 0.420. The molecule has 3 heteroatoms. The Hall–Kier alpha value is -0.830. The molecule has 0 aromatic rings. The minimum atomic E-state index is 0.678. The van der Waals surface area contributed by atoms with Crippen molar-refractivity contribution in [3.8, 4) is 0 Å². The van der Waals surface area contributed by atoms with Gasteiger partial charge in [-0.1, -0.05) is 6.58 Å². The summed E-state index contributed by atoms with van der Waals surface area (Å²) in [5.41, 5.74) is 3.44. The van der Waals surface area contributed by atoms with E-state index in [2.05, 4.69) is 21.9 Å². The Morgan fingerprint density at radius 3 is 2.33 bits per heavy atom. The highest BCUT2D eigenvalue weighted by atomic mass is 16.6. The Kier molecular flexibility index (Phi) is 3.71. The molecule has 0 aliphatic carbocycles. The van der Waals surface area contributed by atoms with E-state index in [0.717, 1.165) is 5.57 Å². The highest BCUT2D eigenvalue weighted by molar-refractivity contribution is 5.96. The fraction of sp³-hybridized carbons (Fsp3) is 0.500. The van der Waals surface area contributed by atoms with E-state index in [-0.39, 0.29) is 0 Å². The molecule has 0 amide bonds. The van der Waals surface area contributed by atoms with Crippen molar-refractivity contribution in [2.45, 2.75) is 6.92 Å². The molecule has 0 radical (unpaired) electrons. The van der Waals surface area contributed by atoms with Crippen LogP contribution in [0.2, 0.25) is 0 Å². The van der Waals surface area contributed by atoms with Crippen LogP contribution in [0.3, 0.4) is 0 Å². The normalized spacial score (nSPS) is 11.2. The molecule has 0 saturated carbocycles. The lowest BCUT2D eigenvalue weighted by Crippen LogP contribution is -2.22. The second kappa shape index (κ2) is 4.09. The summed E-state index contributed by atoms with van der Waals surface area (Å²) in [4.78, 5) is 8.47. The Bertz CT molecular complexity index is 129. The molecule has 0 heterocycles. The Labute approximate surface area is 55.4 Å². The number of hydroxylamine groups is 1. The van der Waals surface area contributed by atoms with Gasteiger partial charge in [0, 0.05) is 7.05 Å².